The first kappa shape index (κ1) is 7.79. The molecule has 4 heteroatoms. The molecule has 0 aromatic rings. The van der Waals surface area contributed by atoms with E-state index in [0.717, 1.165) is 5.33 Å². The van der Waals surface area contributed by atoms with Crippen molar-refractivity contribution in [1.82, 2.24) is 0 Å². The molecule has 2 atom stereocenters. The van der Waals surface area contributed by atoms with Gasteiger partial charge in [0, 0.05) is 0 Å². The lowest BCUT2D eigenvalue weighted by atomic mass is 10.4. The van der Waals surface area contributed by atoms with Crippen molar-refractivity contribution in [3.63, 3.8) is 0 Å². The van der Waals surface area contributed by atoms with Gasteiger partial charge in [0.05, 0.1) is 23.9 Å². The maximum Gasteiger partial charge on any atom is 0.167 e. The second-order valence-corrected chi connectivity index (χ2v) is 2.79. The molecule has 1 aliphatic rings. The Balaban J connectivity index is 2.20. The third-order valence-electron chi connectivity index (χ3n) is 1.11. The molecule has 0 amide bonds. The fraction of sp³-hybridized carbons (Fsp3) is 1.00. The van der Waals surface area contributed by atoms with Crippen LogP contribution in [0.3, 0.4) is 0 Å². The molecule has 9 heavy (non-hydrogen) atoms. The van der Waals surface area contributed by atoms with Gasteiger partial charge in [0.15, 0.2) is 6.29 Å². The minimum atomic E-state index is -0.0891. The summed E-state index contributed by atoms with van der Waals surface area (Å²) in [6.45, 7) is 0.625. The number of halogens is 2. The Labute approximate surface area is 67.6 Å². The molecule has 1 rings (SSSR count). The number of ether oxygens (including phenoxy) is 2. The van der Waals surface area contributed by atoms with Gasteiger partial charge in [0.1, 0.15) is 0 Å². The zero-order valence-corrected chi connectivity index (χ0v) is 7.19. The predicted molar refractivity (Wildman–Crippen MR) is 39.1 cm³/mol. The lowest BCUT2D eigenvalue weighted by Gasteiger charge is -2.04. The van der Waals surface area contributed by atoms with E-state index in [0.29, 0.717) is 12.5 Å². The standard InChI is InChI=1S/C5H8BrClO2/c6-1-5-8-3-4(2-7)9-5/h4-5H,1-3H2. The van der Waals surface area contributed by atoms with E-state index in [2.05, 4.69) is 15.9 Å². The molecule has 0 spiro atoms. The summed E-state index contributed by atoms with van der Waals surface area (Å²) in [6, 6.07) is 0. The molecule has 1 aliphatic heterocycles. The van der Waals surface area contributed by atoms with Gasteiger partial charge in [-0.1, -0.05) is 15.9 Å². The SMILES string of the molecule is ClCC1COC(CBr)O1. The van der Waals surface area contributed by atoms with Crippen LogP contribution in [0.4, 0.5) is 0 Å². The molecule has 1 heterocycles. The van der Waals surface area contributed by atoms with E-state index >= 15 is 0 Å². The maximum absolute atomic E-state index is 5.51. The Morgan fingerprint density at radius 3 is 2.78 bits per heavy atom. The smallest absolute Gasteiger partial charge is 0.167 e. The van der Waals surface area contributed by atoms with Crippen LogP contribution in [0.5, 0.6) is 0 Å². The van der Waals surface area contributed by atoms with E-state index in [1.54, 1.807) is 0 Å². The first-order valence-electron chi connectivity index (χ1n) is 2.76. The van der Waals surface area contributed by atoms with Crippen molar-refractivity contribution in [2.45, 2.75) is 12.4 Å². The Hall–Kier alpha value is 0.690. The van der Waals surface area contributed by atoms with Gasteiger partial charge in [-0.2, -0.15) is 0 Å². The van der Waals surface area contributed by atoms with Crippen molar-refractivity contribution < 1.29 is 9.47 Å². The summed E-state index contributed by atoms with van der Waals surface area (Å²) in [6.07, 6.45) is 0.00275. The minimum Gasteiger partial charge on any atom is -0.349 e. The molecule has 0 bridgehead atoms. The largest absolute Gasteiger partial charge is 0.349 e. The van der Waals surface area contributed by atoms with Gasteiger partial charge in [-0.25, -0.2) is 0 Å². The Morgan fingerprint density at radius 2 is 2.44 bits per heavy atom. The second kappa shape index (κ2) is 3.76. The third kappa shape index (κ3) is 2.08. The Kier molecular flexibility index (Phi) is 3.26. The van der Waals surface area contributed by atoms with E-state index in [1.165, 1.54) is 0 Å². The van der Waals surface area contributed by atoms with Gasteiger partial charge in [-0.05, 0) is 0 Å². The molecule has 0 N–H and O–H groups in total. The van der Waals surface area contributed by atoms with Crippen LogP contribution >= 0.6 is 27.5 Å². The average molecular weight is 215 g/mol. The van der Waals surface area contributed by atoms with Crippen LogP contribution in [0.25, 0.3) is 0 Å². The predicted octanol–water partition coefficient (Wildman–Crippen LogP) is 1.36. The molecule has 0 aliphatic carbocycles. The van der Waals surface area contributed by atoms with Crippen LogP contribution in [-0.2, 0) is 9.47 Å². The van der Waals surface area contributed by atoms with Crippen LogP contribution in [0.2, 0.25) is 0 Å². The van der Waals surface area contributed by atoms with Crippen LogP contribution in [0.15, 0.2) is 0 Å². The monoisotopic (exact) mass is 214 g/mol. The quantitative estimate of drug-likeness (QED) is 0.648. The highest BCUT2D eigenvalue weighted by atomic mass is 79.9. The van der Waals surface area contributed by atoms with Gasteiger partial charge < -0.3 is 9.47 Å². The summed E-state index contributed by atoms with van der Waals surface area (Å²) in [5.74, 6) is 0.517. The third-order valence-corrected chi connectivity index (χ3v) is 1.98. The van der Waals surface area contributed by atoms with Crippen molar-refractivity contribution in [2.24, 2.45) is 0 Å². The van der Waals surface area contributed by atoms with E-state index < -0.39 is 0 Å². The Bertz CT molecular complexity index is 81.0. The maximum atomic E-state index is 5.51. The number of hydrogen-bond acceptors (Lipinski definition) is 2. The summed E-state index contributed by atoms with van der Waals surface area (Å²) in [7, 11) is 0. The van der Waals surface area contributed by atoms with Gasteiger partial charge in [-0.15, -0.1) is 11.6 Å². The highest BCUT2D eigenvalue weighted by Crippen LogP contribution is 2.13. The molecular formula is C5H8BrClO2. The van der Waals surface area contributed by atoms with Crippen LogP contribution < -0.4 is 0 Å². The van der Waals surface area contributed by atoms with Crippen LogP contribution in [0, 0.1) is 0 Å². The van der Waals surface area contributed by atoms with Gasteiger partial charge >= 0.3 is 0 Å². The van der Waals surface area contributed by atoms with Gasteiger partial charge in [0.2, 0.25) is 0 Å². The van der Waals surface area contributed by atoms with Crippen molar-refractivity contribution in [1.29, 1.82) is 0 Å². The molecule has 0 saturated carbocycles. The first-order valence-corrected chi connectivity index (χ1v) is 4.41. The summed E-state index contributed by atoms with van der Waals surface area (Å²) in [5.41, 5.74) is 0. The summed E-state index contributed by atoms with van der Waals surface area (Å²) in [4.78, 5) is 0. The van der Waals surface area contributed by atoms with Crippen molar-refractivity contribution in [2.75, 3.05) is 17.8 Å². The lowest BCUT2D eigenvalue weighted by Crippen LogP contribution is -2.14. The van der Waals surface area contributed by atoms with E-state index in [9.17, 15) is 0 Å². The number of alkyl halides is 2. The molecule has 0 aromatic heterocycles. The molecule has 1 fully saturated rings. The highest BCUT2D eigenvalue weighted by Gasteiger charge is 2.23. The summed E-state index contributed by atoms with van der Waals surface area (Å²) >= 11 is 8.75. The van der Waals surface area contributed by atoms with E-state index in [4.69, 9.17) is 21.1 Å². The average Bonchev–Trinajstić information content (AvgIpc) is 2.34. The second-order valence-electron chi connectivity index (χ2n) is 1.83. The molecule has 1 saturated heterocycles. The normalized spacial score (nSPS) is 35.3. The molecule has 0 aromatic carbocycles. The van der Waals surface area contributed by atoms with Crippen LogP contribution in [0.1, 0.15) is 0 Å². The molecular weight excluding hydrogens is 207 g/mol. The molecule has 0 radical (unpaired) electrons. The zero-order valence-electron chi connectivity index (χ0n) is 4.85. The van der Waals surface area contributed by atoms with Crippen molar-refractivity contribution in [3.05, 3.63) is 0 Å². The van der Waals surface area contributed by atoms with Crippen molar-refractivity contribution in [3.8, 4) is 0 Å². The van der Waals surface area contributed by atoms with Crippen molar-refractivity contribution >= 4 is 27.5 Å². The highest BCUT2D eigenvalue weighted by molar-refractivity contribution is 9.09. The Morgan fingerprint density at radius 1 is 1.67 bits per heavy atom. The summed E-state index contributed by atoms with van der Waals surface area (Å²) < 4.78 is 10.4. The zero-order chi connectivity index (χ0) is 6.69. The topological polar surface area (TPSA) is 18.5 Å². The molecule has 2 nitrogen and oxygen atoms in total. The number of rotatable bonds is 2. The lowest BCUT2D eigenvalue weighted by molar-refractivity contribution is -0.0337. The van der Waals surface area contributed by atoms with E-state index in [-0.39, 0.29) is 12.4 Å². The van der Waals surface area contributed by atoms with Crippen LogP contribution in [-0.4, -0.2) is 30.2 Å². The van der Waals surface area contributed by atoms with E-state index in [1.807, 2.05) is 0 Å². The molecule has 2 unspecified atom stereocenters. The first-order chi connectivity index (χ1) is 4.36. The fourth-order valence-electron chi connectivity index (χ4n) is 0.670. The summed E-state index contributed by atoms with van der Waals surface area (Å²) in [5, 5.41) is 0.723. The number of hydrogen-bond donors (Lipinski definition) is 0. The fourth-order valence-corrected chi connectivity index (χ4v) is 1.17. The van der Waals surface area contributed by atoms with Gasteiger partial charge in [-0.3, -0.25) is 0 Å². The molecule has 54 valence electrons. The van der Waals surface area contributed by atoms with Gasteiger partial charge in [0.25, 0.3) is 0 Å². The minimum absolute atomic E-state index is 0.0891.